The maximum Gasteiger partial charge on any atom is 0.335 e. The van der Waals surface area contributed by atoms with Crippen LogP contribution in [-0.4, -0.2) is 22.8 Å². The second-order valence-electron chi connectivity index (χ2n) is 9.10. The molecule has 194 valence electrons. The summed E-state index contributed by atoms with van der Waals surface area (Å²) in [6.45, 7) is 0.383. The summed E-state index contributed by atoms with van der Waals surface area (Å²) >= 11 is 19.5. The van der Waals surface area contributed by atoms with Crippen LogP contribution < -0.4 is 14.2 Å². The number of benzene rings is 3. The zero-order chi connectivity index (χ0) is 26.4. The number of halogens is 3. The van der Waals surface area contributed by atoms with Gasteiger partial charge in [-0.3, -0.25) is 0 Å². The van der Waals surface area contributed by atoms with Crippen LogP contribution in [0.3, 0.4) is 0 Å². The van der Waals surface area contributed by atoms with Gasteiger partial charge in [0.1, 0.15) is 30.4 Å². The summed E-state index contributed by atoms with van der Waals surface area (Å²) in [5.41, 5.74) is 2.84. The predicted octanol–water partition coefficient (Wildman–Crippen LogP) is 7.97. The van der Waals surface area contributed by atoms with Gasteiger partial charge in [-0.15, -0.1) is 0 Å². The second kappa shape index (κ2) is 10.1. The van der Waals surface area contributed by atoms with Crippen molar-refractivity contribution in [3.05, 3.63) is 92.1 Å². The average Bonchev–Trinajstić information content (AvgIpc) is 3.67. The highest BCUT2D eigenvalue weighted by molar-refractivity contribution is 6.39. The Labute approximate surface area is 232 Å². The minimum Gasteiger partial charge on any atom is -0.489 e. The van der Waals surface area contributed by atoms with Gasteiger partial charge in [0.05, 0.1) is 26.2 Å². The van der Waals surface area contributed by atoms with Gasteiger partial charge in [-0.1, -0.05) is 52.1 Å². The van der Waals surface area contributed by atoms with Crippen molar-refractivity contribution in [3.8, 4) is 28.5 Å². The third-order valence-corrected chi connectivity index (χ3v) is 7.48. The molecule has 2 aliphatic rings. The normalized spacial score (nSPS) is 16.3. The molecule has 38 heavy (non-hydrogen) atoms. The lowest BCUT2D eigenvalue weighted by molar-refractivity contribution is 0.0692. The molecule has 0 bridgehead atoms. The number of aromatic carboxylic acids is 1. The largest absolute Gasteiger partial charge is 0.489 e. The highest BCUT2D eigenvalue weighted by Crippen LogP contribution is 2.46. The molecule has 10 heteroatoms. The van der Waals surface area contributed by atoms with Crippen LogP contribution in [0.15, 0.2) is 59.1 Å². The fourth-order valence-electron chi connectivity index (χ4n) is 4.42. The summed E-state index contributed by atoms with van der Waals surface area (Å²) < 4.78 is 23.6. The van der Waals surface area contributed by atoms with E-state index in [4.69, 9.17) is 53.5 Å². The Morgan fingerprint density at radius 2 is 1.79 bits per heavy atom. The van der Waals surface area contributed by atoms with Crippen LogP contribution in [0.2, 0.25) is 15.1 Å². The molecule has 1 fully saturated rings. The molecule has 0 radical (unpaired) electrons. The zero-order valence-electron chi connectivity index (χ0n) is 19.7. The zero-order valence-corrected chi connectivity index (χ0v) is 22.0. The Bertz CT molecular complexity index is 1530. The molecule has 1 aromatic heterocycles. The summed E-state index contributed by atoms with van der Waals surface area (Å²) in [5, 5.41) is 14.9. The summed E-state index contributed by atoms with van der Waals surface area (Å²) in [7, 11) is 0. The van der Waals surface area contributed by atoms with E-state index < -0.39 is 12.1 Å². The van der Waals surface area contributed by atoms with Crippen molar-refractivity contribution in [2.24, 2.45) is 0 Å². The smallest absolute Gasteiger partial charge is 0.335 e. The number of aromatic nitrogens is 1. The number of fused-ring (bicyclic) bond motifs is 1. The molecular weight excluding hydrogens is 553 g/mol. The number of hydrogen-bond acceptors (Lipinski definition) is 6. The number of carboxylic acid groups (broad SMARTS) is 1. The highest BCUT2D eigenvalue weighted by atomic mass is 35.5. The van der Waals surface area contributed by atoms with E-state index in [1.807, 2.05) is 6.07 Å². The molecule has 4 aromatic rings. The SMILES string of the molecule is O=C(O)c1ccc2c(c1)OCC(c1ccc(OCc3c(-c4c(Cl)cccc4Cl)noc3C3CC3)cc1Cl)O2. The maximum absolute atomic E-state index is 11.2. The van der Waals surface area contributed by atoms with E-state index >= 15 is 0 Å². The quantitative estimate of drug-likeness (QED) is 0.240. The third kappa shape index (κ3) is 4.77. The van der Waals surface area contributed by atoms with Gasteiger partial charge in [0.25, 0.3) is 0 Å². The molecule has 1 N–H and O–H groups in total. The number of hydrogen-bond donors (Lipinski definition) is 1. The number of ether oxygens (including phenoxy) is 3. The van der Waals surface area contributed by atoms with Gasteiger partial charge in [0.15, 0.2) is 17.6 Å². The summed E-state index contributed by atoms with van der Waals surface area (Å²) in [6, 6.07) is 15.1. The van der Waals surface area contributed by atoms with E-state index in [0.717, 1.165) is 29.7 Å². The molecule has 7 nitrogen and oxygen atoms in total. The molecule has 1 aliphatic carbocycles. The summed E-state index contributed by atoms with van der Waals surface area (Å²) in [6.07, 6.45) is 1.60. The first-order valence-electron chi connectivity index (χ1n) is 11.9. The lowest BCUT2D eigenvalue weighted by Gasteiger charge is -2.27. The number of rotatable bonds is 7. The Morgan fingerprint density at radius 1 is 1.00 bits per heavy atom. The third-order valence-electron chi connectivity index (χ3n) is 6.52. The van der Waals surface area contributed by atoms with Crippen molar-refractivity contribution in [1.29, 1.82) is 0 Å². The fraction of sp³-hybridized carbons (Fsp3) is 0.214. The van der Waals surface area contributed by atoms with E-state index in [-0.39, 0.29) is 18.8 Å². The van der Waals surface area contributed by atoms with Crippen molar-refractivity contribution in [1.82, 2.24) is 5.16 Å². The van der Waals surface area contributed by atoms with E-state index in [1.54, 1.807) is 36.4 Å². The monoisotopic (exact) mass is 571 g/mol. The van der Waals surface area contributed by atoms with E-state index in [2.05, 4.69) is 5.16 Å². The van der Waals surface area contributed by atoms with Crippen LogP contribution in [0.5, 0.6) is 17.2 Å². The molecular formula is C28H20Cl3NO6. The van der Waals surface area contributed by atoms with Crippen LogP contribution in [0.25, 0.3) is 11.3 Å². The van der Waals surface area contributed by atoms with Crippen molar-refractivity contribution in [2.45, 2.75) is 31.5 Å². The molecule has 1 atom stereocenters. The number of carboxylic acids is 1. The molecule has 2 heterocycles. The van der Waals surface area contributed by atoms with Crippen LogP contribution in [0, 0.1) is 0 Å². The molecule has 3 aromatic carbocycles. The Hall–Kier alpha value is -3.39. The first-order chi connectivity index (χ1) is 18.4. The first-order valence-corrected chi connectivity index (χ1v) is 13.0. The van der Waals surface area contributed by atoms with Gasteiger partial charge in [-0.05, 0) is 55.3 Å². The van der Waals surface area contributed by atoms with Crippen molar-refractivity contribution in [2.75, 3.05) is 6.61 Å². The average molecular weight is 573 g/mol. The predicted molar refractivity (Wildman–Crippen MR) is 142 cm³/mol. The Kier molecular flexibility index (Phi) is 6.60. The number of carbonyl (C=O) groups is 1. The maximum atomic E-state index is 11.2. The highest BCUT2D eigenvalue weighted by Gasteiger charge is 2.34. The van der Waals surface area contributed by atoms with E-state index in [9.17, 15) is 9.90 Å². The number of nitrogens with zero attached hydrogens (tertiary/aromatic N) is 1. The molecule has 6 rings (SSSR count). The van der Waals surface area contributed by atoms with Crippen molar-refractivity contribution >= 4 is 40.8 Å². The fourth-order valence-corrected chi connectivity index (χ4v) is 5.29. The van der Waals surface area contributed by atoms with E-state index in [0.29, 0.717) is 49.5 Å². The van der Waals surface area contributed by atoms with Gasteiger partial charge in [-0.25, -0.2) is 4.79 Å². The molecule has 0 spiro atoms. The summed E-state index contributed by atoms with van der Waals surface area (Å²) in [4.78, 5) is 11.2. The van der Waals surface area contributed by atoms with Crippen LogP contribution in [-0.2, 0) is 6.61 Å². The van der Waals surface area contributed by atoms with Crippen LogP contribution in [0.1, 0.15) is 52.1 Å². The topological polar surface area (TPSA) is 91.0 Å². The van der Waals surface area contributed by atoms with Crippen molar-refractivity contribution in [3.63, 3.8) is 0 Å². The van der Waals surface area contributed by atoms with Gasteiger partial charge < -0.3 is 23.8 Å². The Balaban J connectivity index is 1.21. The lowest BCUT2D eigenvalue weighted by atomic mass is 10.0. The lowest BCUT2D eigenvalue weighted by Crippen LogP contribution is -2.22. The van der Waals surface area contributed by atoms with Gasteiger partial charge in [-0.2, -0.15) is 0 Å². The van der Waals surface area contributed by atoms with Gasteiger partial charge in [0, 0.05) is 17.0 Å². The molecule has 1 unspecified atom stereocenters. The Morgan fingerprint density at radius 3 is 2.50 bits per heavy atom. The molecule has 0 saturated heterocycles. The second-order valence-corrected chi connectivity index (χ2v) is 10.3. The van der Waals surface area contributed by atoms with Crippen LogP contribution in [0.4, 0.5) is 0 Å². The minimum absolute atomic E-state index is 0.128. The van der Waals surface area contributed by atoms with Gasteiger partial charge >= 0.3 is 5.97 Å². The van der Waals surface area contributed by atoms with E-state index in [1.165, 1.54) is 12.1 Å². The van der Waals surface area contributed by atoms with Gasteiger partial charge in [0.2, 0.25) is 0 Å². The summed E-state index contributed by atoms with van der Waals surface area (Å²) in [5.74, 6) is 1.45. The first kappa shape index (κ1) is 24.9. The van der Waals surface area contributed by atoms with Crippen molar-refractivity contribution < 1.29 is 28.6 Å². The minimum atomic E-state index is -1.03. The molecule has 1 aliphatic heterocycles. The molecule has 0 amide bonds. The molecule has 1 saturated carbocycles. The standard InChI is InChI=1S/C28H20Cl3NO6/c29-19-2-1-3-20(30)25(19)26-18(27(38-32-26)14-4-5-14)12-35-16-7-8-17(21(31)11-16)24-13-36-23-10-15(28(33)34)6-9-22(23)37-24/h1-3,6-11,14,24H,4-5,12-13H2,(H,33,34). The van der Waals surface area contributed by atoms with Crippen LogP contribution >= 0.6 is 34.8 Å².